The minimum atomic E-state index is 0.493. The standard InChI is InChI=1S/C16H22ClN/c17-14-5-3-4-13(10-14)11-16(8-1-2-9-16)12-18-15-6-7-15/h3-5,10,15,18H,1-2,6-9,11-12H2. The van der Waals surface area contributed by atoms with Gasteiger partial charge in [0.1, 0.15) is 0 Å². The minimum Gasteiger partial charge on any atom is -0.313 e. The van der Waals surface area contributed by atoms with E-state index in [9.17, 15) is 0 Å². The molecule has 2 heteroatoms. The lowest BCUT2D eigenvalue weighted by atomic mass is 9.80. The molecule has 0 radical (unpaired) electrons. The summed E-state index contributed by atoms with van der Waals surface area (Å²) in [4.78, 5) is 0. The predicted octanol–water partition coefficient (Wildman–Crippen LogP) is 4.19. The van der Waals surface area contributed by atoms with E-state index < -0.39 is 0 Å². The molecule has 3 rings (SSSR count). The van der Waals surface area contributed by atoms with Crippen LogP contribution in [-0.2, 0) is 6.42 Å². The molecule has 1 aromatic rings. The topological polar surface area (TPSA) is 12.0 Å². The van der Waals surface area contributed by atoms with E-state index in [1.165, 1.54) is 57.1 Å². The molecule has 2 aliphatic carbocycles. The first kappa shape index (κ1) is 12.5. The number of hydrogen-bond donors (Lipinski definition) is 1. The number of hydrogen-bond acceptors (Lipinski definition) is 1. The molecule has 0 amide bonds. The lowest BCUT2D eigenvalue weighted by Crippen LogP contribution is -2.35. The maximum atomic E-state index is 6.10. The molecular weight excluding hydrogens is 242 g/mol. The summed E-state index contributed by atoms with van der Waals surface area (Å²) in [5, 5.41) is 4.61. The molecule has 2 saturated carbocycles. The third-order valence-corrected chi connectivity index (χ3v) is 4.71. The van der Waals surface area contributed by atoms with Gasteiger partial charge in [0.25, 0.3) is 0 Å². The second kappa shape index (κ2) is 5.22. The number of nitrogens with one attached hydrogen (secondary N) is 1. The summed E-state index contributed by atoms with van der Waals surface area (Å²) in [6, 6.07) is 9.23. The van der Waals surface area contributed by atoms with Gasteiger partial charge in [-0.25, -0.2) is 0 Å². The van der Waals surface area contributed by atoms with Gasteiger partial charge in [0, 0.05) is 17.6 Å². The second-order valence-corrected chi connectivity index (χ2v) is 6.61. The molecule has 2 aliphatic rings. The molecule has 0 saturated heterocycles. The van der Waals surface area contributed by atoms with E-state index in [1.807, 2.05) is 6.07 Å². The van der Waals surface area contributed by atoms with Gasteiger partial charge in [0.05, 0.1) is 0 Å². The molecule has 0 aliphatic heterocycles. The number of halogens is 1. The van der Waals surface area contributed by atoms with Gasteiger partial charge in [-0.1, -0.05) is 36.6 Å². The molecule has 0 spiro atoms. The highest BCUT2D eigenvalue weighted by Crippen LogP contribution is 2.41. The summed E-state index contributed by atoms with van der Waals surface area (Å²) in [6.07, 6.45) is 9.49. The Morgan fingerprint density at radius 3 is 2.67 bits per heavy atom. The Hall–Kier alpha value is -0.530. The zero-order chi connectivity index (χ0) is 12.4. The summed E-state index contributed by atoms with van der Waals surface area (Å²) in [5.41, 5.74) is 1.90. The van der Waals surface area contributed by atoms with E-state index in [1.54, 1.807) is 0 Å². The number of rotatable bonds is 5. The van der Waals surface area contributed by atoms with E-state index in [4.69, 9.17) is 11.6 Å². The maximum Gasteiger partial charge on any atom is 0.0408 e. The van der Waals surface area contributed by atoms with Crippen LogP contribution in [0.1, 0.15) is 44.1 Å². The average molecular weight is 264 g/mol. The van der Waals surface area contributed by atoms with Gasteiger partial charge in [0.15, 0.2) is 0 Å². The van der Waals surface area contributed by atoms with Gasteiger partial charge >= 0.3 is 0 Å². The second-order valence-electron chi connectivity index (χ2n) is 6.17. The van der Waals surface area contributed by atoms with Crippen LogP contribution in [0.15, 0.2) is 24.3 Å². The quantitative estimate of drug-likeness (QED) is 0.840. The minimum absolute atomic E-state index is 0.493. The molecule has 18 heavy (non-hydrogen) atoms. The summed E-state index contributed by atoms with van der Waals surface area (Å²) in [7, 11) is 0. The molecule has 0 bridgehead atoms. The van der Waals surface area contributed by atoms with Crippen LogP contribution in [-0.4, -0.2) is 12.6 Å². The molecule has 2 fully saturated rings. The maximum absolute atomic E-state index is 6.10. The van der Waals surface area contributed by atoms with Crippen molar-refractivity contribution in [2.75, 3.05) is 6.54 Å². The summed E-state index contributed by atoms with van der Waals surface area (Å²) >= 11 is 6.10. The third kappa shape index (κ3) is 3.07. The normalized spacial score (nSPS) is 22.3. The van der Waals surface area contributed by atoms with Crippen LogP contribution in [0.2, 0.25) is 5.02 Å². The van der Waals surface area contributed by atoms with Crippen molar-refractivity contribution >= 4 is 11.6 Å². The van der Waals surface area contributed by atoms with Crippen molar-refractivity contribution in [2.24, 2.45) is 5.41 Å². The van der Waals surface area contributed by atoms with Crippen molar-refractivity contribution in [2.45, 2.75) is 51.0 Å². The molecule has 98 valence electrons. The van der Waals surface area contributed by atoms with Gasteiger partial charge in [0.2, 0.25) is 0 Å². The Labute approximate surface area is 115 Å². The third-order valence-electron chi connectivity index (χ3n) is 4.48. The van der Waals surface area contributed by atoms with E-state index in [0.29, 0.717) is 5.41 Å². The monoisotopic (exact) mass is 263 g/mol. The molecular formula is C16H22ClN. The molecule has 1 aromatic carbocycles. The van der Waals surface area contributed by atoms with Crippen molar-refractivity contribution in [3.05, 3.63) is 34.9 Å². The Balaban J connectivity index is 1.68. The smallest absolute Gasteiger partial charge is 0.0408 e. The van der Waals surface area contributed by atoms with E-state index in [0.717, 1.165) is 11.1 Å². The lowest BCUT2D eigenvalue weighted by molar-refractivity contribution is 0.276. The van der Waals surface area contributed by atoms with Crippen LogP contribution >= 0.6 is 11.6 Å². The predicted molar refractivity (Wildman–Crippen MR) is 77.1 cm³/mol. The fourth-order valence-electron chi connectivity index (χ4n) is 3.27. The summed E-state index contributed by atoms with van der Waals surface area (Å²) < 4.78 is 0. The Bertz CT molecular complexity index is 405. The van der Waals surface area contributed by atoms with Crippen LogP contribution in [0, 0.1) is 5.41 Å². The molecule has 0 heterocycles. The van der Waals surface area contributed by atoms with Crippen molar-refractivity contribution in [1.82, 2.24) is 5.32 Å². The Kier molecular flexibility index (Phi) is 3.63. The Morgan fingerprint density at radius 2 is 2.00 bits per heavy atom. The molecule has 0 unspecified atom stereocenters. The van der Waals surface area contributed by atoms with E-state index >= 15 is 0 Å². The summed E-state index contributed by atoms with van der Waals surface area (Å²) in [5.74, 6) is 0. The SMILES string of the molecule is Clc1cccc(CC2(CNC3CC3)CCCC2)c1. The van der Waals surface area contributed by atoms with Crippen LogP contribution in [0.4, 0.5) is 0 Å². The van der Waals surface area contributed by atoms with Gasteiger partial charge in [-0.2, -0.15) is 0 Å². The van der Waals surface area contributed by atoms with Crippen LogP contribution in [0.3, 0.4) is 0 Å². The van der Waals surface area contributed by atoms with E-state index in [2.05, 4.69) is 23.5 Å². The molecule has 0 atom stereocenters. The van der Waals surface area contributed by atoms with Crippen LogP contribution in [0.5, 0.6) is 0 Å². The first-order valence-electron chi connectivity index (χ1n) is 7.24. The van der Waals surface area contributed by atoms with Gasteiger partial charge < -0.3 is 5.32 Å². The van der Waals surface area contributed by atoms with Gasteiger partial charge in [-0.3, -0.25) is 0 Å². The molecule has 1 N–H and O–H groups in total. The van der Waals surface area contributed by atoms with E-state index in [-0.39, 0.29) is 0 Å². The largest absolute Gasteiger partial charge is 0.313 e. The van der Waals surface area contributed by atoms with Crippen molar-refractivity contribution in [3.8, 4) is 0 Å². The van der Waals surface area contributed by atoms with Crippen molar-refractivity contribution in [3.63, 3.8) is 0 Å². The van der Waals surface area contributed by atoms with Crippen molar-refractivity contribution in [1.29, 1.82) is 0 Å². The highest BCUT2D eigenvalue weighted by molar-refractivity contribution is 6.30. The highest BCUT2D eigenvalue weighted by Gasteiger charge is 2.35. The number of benzene rings is 1. The Morgan fingerprint density at radius 1 is 1.22 bits per heavy atom. The average Bonchev–Trinajstić information content (AvgIpc) is 3.08. The fourth-order valence-corrected chi connectivity index (χ4v) is 3.48. The first-order chi connectivity index (χ1) is 8.76. The van der Waals surface area contributed by atoms with Gasteiger partial charge in [-0.05, 0) is 55.2 Å². The van der Waals surface area contributed by atoms with Crippen LogP contribution < -0.4 is 5.32 Å². The zero-order valence-electron chi connectivity index (χ0n) is 10.9. The van der Waals surface area contributed by atoms with Crippen molar-refractivity contribution < 1.29 is 0 Å². The fraction of sp³-hybridized carbons (Fsp3) is 0.625. The summed E-state index contributed by atoms with van der Waals surface area (Å²) in [6.45, 7) is 1.20. The lowest BCUT2D eigenvalue weighted by Gasteiger charge is -2.30. The molecule has 0 aromatic heterocycles. The zero-order valence-corrected chi connectivity index (χ0v) is 11.7. The first-order valence-corrected chi connectivity index (χ1v) is 7.61. The molecule has 1 nitrogen and oxygen atoms in total. The van der Waals surface area contributed by atoms with Gasteiger partial charge in [-0.15, -0.1) is 0 Å². The highest BCUT2D eigenvalue weighted by atomic mass is 35.5. The van der Waals surface area contributed by atoms with Crippen LogP contribution in [0.25, 0.3) is 0 Å².